The molecule has 0 heterocycles. The summed E-state index contributed by atoms with van der Waals surface area (Å²) < 4.78 is 11.8. The lowest BCUT2D eigenvalue weighted by atomic mass is 10.0. The molecule has 0 aliphatic heterocycles. The summed E-state index contributed by atoms with van der Waals surface area (Å²) in [6.07, 6.45) is 23.2. The van der Waals surface area contributed by atoms with E-state index < -0.39 is 0 Å². The second-order valence-electron chi connectivity index (χ2n) is 7.95. The minimum atomic E-state index is 0.313. The Morgan fingerprint density at radius 3 is 1.50 bits per heavy atom. The van der Waals surface area contributed by atoms with Crippen LogP contribution in [0.25, 0.3) is 0 Å². The Morgan fingerprint density at radius 1 is 0.500 bits per heavy atom. The molecule has 0 spiro atoms. The van der Waals surface area contributed by atoms with Crippen LogP contribution < -0.4 is 0 Å². The van der Waals surface area contributed by atoms with E-state index in [1.54, 1.807) is 0 Å². The average molecular weight is 371 g/mol. The molecule has 0 aromatic carbocycles. The molecular formula is C24H50O2. The van der Waals surface area contributed by atoms with Crippen molar-refractivity contribution in [3.05, 3.63) is 0 Å². The van der Waals surface area contributed by atoms with E-state index in [-0.39, 0.29) is 0 Å². The monoisotopic (exact) mass is 370 g/mol. The fraction of sp³-hybridized carbons (Fsp3) is 1.00. The molecule has 0 bridgehead atoms. The molecule has 1 atom stereocenters. The van der Waals surface area contributed by atoms with Gasteiger partial charge in [-0.25, -0.2) is 0 Å². The lowest BCUT2D eigenvalue weighted by molar-refractivity contribution is -0.0223. The summed E-state index contributed by atoms with van der Waals surface area (Å²) in [7, 11) is 0. The largest absolute Gasteiger partial charge is 0.379 e. The van der Waals surface area contributed by atoms with Gasteiger partial charge in [0.1, 0.15) is 0 Å². The molecule has 26 heavy (non-hydrogen) atoms. The van der Waals surface area contributed by atoms with Gasteiger partial charge in [-0.3, -0.25) is 0 Å². The molecule has 0 aliphatic carbocycles. The van der Waals surface area contributed by atoms with Gasteiger partial charge in [-0.15, -0.1) is 0 Å². The summed E-state index contributed by atoms with van der Waals surface area (Å²) in [5.41, 5.74) is 0. The van der Waals surface area contributed by atoms with Crippen LogP contribution in [-0.4, -0.2) is 25.9 Å². The van der Waals surface area contributed by atoms with E-state index in [4.69, 9.17) is 9.47 Å². The zero-order chi connectivity index (χ0) is 19.1. The van der Waals surface area contributed by atoms with Crippen LogP contribution in [0, 0.1) is 0 Å². The summed E-state index contributed by atoms with van der Waals surface area (Å²) in [5.74, 6) is 0. The standard InChI is InChI=1S/C24H50O2/c1-4-7-9-10-11-12-13-14-15-16-17-18-19-21-25-23-24(20-6-3)26-22-8-5-2/h24H,4-23H2,1-3H3. The van der Waals surface area contributed by atoms with Crippen molar-refractivity contribution in [1.29, 1.82) is 0 Å². The van der Waals surface area contributed by atoms with Gasteiger partial charge in [0, 0.05) is 13.2 Å². The van der Waals surface area contributed by atoms with E-state index in [0.29, 0.717) is 6.10 Å². The molecule has 0 rings (SSSR count). The van der Waals surface area contributed by atoms with Crippen LogP contribution >= 0.6 is 0 Å². The summed E-state index contributed by atoms with van der Waals surface area (Å²) in [6, 6.07) is 0. The minimum Gasteiger partial charge on any atom is -0.379 e. The zero-order valence-corrected chi connectivity index (χ0v) is 18.5. The molecule has 158 valence electrons. The van der Waals surface area contributed by atoms with E-state index in [1.165, 1.54) is 103 Å². The van der Waals surface area contributed by atoms with Gasteiger partial charge < -0.3 is 9.47 Å². The van der Waals surface area contributed by atoms with E-state index in [1.807, 2.05) is 0 Å². The summed E-state index contributed by atoms with van der Waals surface area (Å²) >= 11 is 0. The Morgan fingerprint density at radius 2 is 1.00 bits per heavy atom. The maximum absolute atomic E-state index is 5.92. The summed E-state index contributed by atoms with van der Waals surface area (Å²) in [5, 5.41) is 0. The third-order valence-corrected chi connectivity index (χ3v) is 5.16. The molecule has 0 saturated heterocycles. The Labute approximate surface area is 165 Å². The van der Waals surface area contributed by atoms with Gasteiger partial charge in [-0.1, -0.05) is 111 Å². The highest BCUT2D eigenvalue weighted by molar-refractivity contribution is 4.56. The third-order valence-electron chi connectivity index (χ3n) is 5.16. The van der Waals surface area contributed by atoms with E-state index in [9.17, 15) is 0 Å². The predicted molar refractivity (Wildman–Crippen MR) is 116 cm³/mol. The van der Waals surface area contributed by atoms with Crippen LogP contribution in [0.2, 0.25) is 0 Å². The van der Waals surface area contributed by atoms with Gasteiger partial charge in [-0.05, 0) is 19.3 Å². The van der Waals surface area contributed by atoms with E-state index in [0.717, 1.165) is 26.2 Å². The highest BCUT2D eigenvalue weighted by atomic mass is 16.5. The van der Waals surface area contributed by atoms with Crippen LogP contribution in [0.5, 0.6) is 0 Å². The molecule has 0 saturated carbocycles. The topological polar surface area (TPSA) is 18.5 Å². The second kappa shape index (κ2) is 23.0. The second-order valence-corrected chi connectivity index (χ2v) is 7.95. The number of unbranched alkanes of at least 4 members (excludes halogenated alkanes) is 13. The first kappa shape index (κ1) is 25.9. The SMILES string of the molecule is CCCCCCCCCCCCCCCOCC(CCC)OCCCC. The van der Waals surface area contributed by atoms with Crippen molar-refractivity contribution in [3.8, 4) is 0 Å². The smallest absolute Gasteiger partial charge is 0.0808 e. The molecule has 0 aliphatic rings. The minimum absolute atomic E-state index is 0.313. The Kier molecular flexibility index (Phi) is 22.9. The van der Waals surface area contributed by atoms with Crippen LogP contribution in [0.1, 0.15) is 130 Å². The number of hydrogen-bond donors (Lipinski definition) is 0. The van der Waals surface area contributed by atoms with Crippen molar-refractivity contribution < 1.29 is 9.47 Å². The molecule has 0 amide bonds. The van der Waals surface area contributed by atoms with Crippen LogP contribution in [0.15, 0.2) is 0 Å². The third kappa shape index (κ3) is 20.2. The number of rotatable bonds is 22. The van der Waals surface area contributed by atoms with Crippen molar-refractivity contribution in [2.75, 3.05) is 19.8 Å². The first-order valence-electron chi connectivity index (χ1n) is 12.0. The van der Waals surface area contributed by atoms with Crippen molar-refractivity contribution in [3.63, 3.8) is 0 Å². The lowest BCUT2D eigenvalue weighted by Gasteiger charge is -2.17. The van der Waals surface area contributed by atoms with E-state index in [2.05, 4.69) is 20.8 Å². The van der Waals surface area contributed by atoms with Gasteiger partial charge in [0.15, 0.2) is 0 Å². The molecular weight excluding hydrogens is 320 g/mol. The lowest BCUT2D eigenvalue weighted by Crippen LogP contribution is -2.20. The Balaban J connectivity index is 3.24. The number of ether oxygens (including phenoxy) is 2. The molecule has 0 fully saturated rings. The van der Waals surface area contributed by atoms with Crippen molar-refractivity contribution >= 4 is 0 Å². The fourth-order valence-electron chi connectivity index (χ4n) is 3.37. The Bertz CT molecular complexity index is 242. The summed E-state index contributed by atoms with van der Waals surface area (Å²) in [6.45, 7) is 9.32. The van der Waals surface area contributed by atoms with Gasteiger partial charge >= 0.3 is 0 Å². The van der Waals surface area contributed by atoms with Crippen molar-refractivity contribution in [1.82, 2.24) is 0 Å². The molecule has 0 aromatic rings. The molecule has 0 N–H and O–H groups in total. The van der Waals surface area contributed by atoms with Crippen molar-refractivity contribution in [2.24, 2.45) is 0 Å². The highest BCUT2D eigenvalue weighted by Crippen LogP contribution is 2.12. The molecule has 0 aromatic heterocycles. The Hall–Kier alpha value is -0.0800. The zero-order valence-electron chi connectivity index (χ0n) is 18.5. The maximum Gasteiger partial charge on any atom is 0.0808 e. The fourth-order valence-corrected chi connectivity index (χ4v) is 3.37. The van der Waals surface area contributed by atoms with E-state index >= 15 is 0 Å². The normalized spacial score (nSPS) is 12.6. The van der Waals surface area contributed by atoms with Gasteiger partial charge in [0.05, 0.1) is 12.7 Å². The van der Waals surface area contributed by atoms with Crippen LogP contribution in [0.3, 0.4) is 0 Å². The van der Waals surface area contributed by atoms with Crippen LogP contribution in [0.4, 0.5) is 0 Å². The van der Waals surface area contributed by atoms with Gasteiger partial charge in [-0.2, -0.15) is 0 Å². The maximum atomic E-state index is 5.92. The van der Waals surface area contributed by atoms with Gasteiger partial charge in [0.25, 0.3) is 0 Å². The summed E-state index contributed by atoms with van der Waals surface area (Å²) in [4.78, 5) is 0. The van der Waals surface area contributed by atoms with Gasteiger partial charge in [0.2, 0.25) is 0 Å². The van der Waals surface area contributed by atoms with Crippen LogP contribution in [-0.2, 0) is 9.47 Å². The highest BCUT2D eigenvalue weighted by Gasteiger charge is 2.07. The molecule has 1 unspecified atom stereocenters. The average Bonchev–Trinajstić information content (AvgIpc) is 2.65. The molecule has 2 heteroatoms. The first-order chi connectivity index (χ1) is 12.8. The quantitative estimate of drug-likeness (QED) is 0.179. The molecule has 0 radical (unpaired) electrons. The first-order valence-corrected chi connectivity index (χ1v) is 12.0. The predicted octanol–water partition coefficient (Wildman–Crippen LogP) is 8.08. The number of hydrogen-bond acceptors (Lipinski definition) is 2. The molecule has 2 nitrogen and oxygen atoms in total. The van der Waals surface area contributed by atoms with Crippen molar-refractivity contribution in [2.45, 2.75) is 136 Å².